The zero-order valence-corrected chi connectivity index (χ0v) is 7.14. The van der Waals surface area contributed by atoms with E-state index in [2.05, 4.69) is 37.5 Å². The molecule has 0 aliphatic rings. The molecule has 0 nitrogen and oxygen atoms in total. The Morgan fingerprint density at radius 2 is 1.80 bits per heavy atom. The van der Waals surface area contributed by atoms with E-state index in [-0.39, 0.29) is 6.04 Å². The molecule has 0 aromatic rings. The summed E-state index contributed by atoms with van der Waals surface area (Å²) in [6, 6.07) is 0.992. The van der Waals surface area contributed by atoms with Gasteiger partial charge in [0.05, 0.1) is 0 Å². The van der Waals surface area contributed by atoms with Crippen molar-refractivity contribution in [2.45, 2.75) is 13.0 Å². The van der Waals surface area contributed by atoms with Gasteiger partial charge in [-0.2, -0.15) is 0 Å². The molecule has 0 fully saturated rings. The average Bonchev–Trinajstić information content (AvgIpc) is 1.38. The molecule has 0 saturated heterocycles. The summed E-state index contributed by atoms with van der Waals surface area (Å²) in [6.07, 6.45) is 0. The lowest BCUT2D eigenvalue weighted by Gasteiger charge is -1.81. The summed E-state index contributed by atoms with van der Waals surface area (Å²) in [4.78, 5) is 0. The Labute approximate surface area is 49.7 Å². The third-order valence-electron chi connectivity index (χ3n) is 0.267. The van der Waals surface area contributed by atoms with Gasteiger partial charge in [0, 0.05) is 0 Å². The van der Waals surface area contributed by atoms with Gasteiger partial charge in [-0.1, -0.05) is 6.92 Å². The minimum Gasteiger partial charge on any atom is -0.112 e. The topological polar surface area (TPSA) is 0 Å². The fourth-order valence-electron chi connectivity index (χ4n) is 0. The normalized spacial score (nSPS) is 9.60. The van der Waals surface area contributed by atoms with Crippen LogP contribution in [0.4, 0.5) is 0 Å². The van der Waals surface area contributed by atoms with E-state index in [0.717, 1.165) is 0 Å². The summed E-state index contributed by atoms with van der Waals surface area (Å²) in [7, 11) is 0. The van der Waals surface area contributed by atoms with Crippen molar-refractivity contribution in [2.24, 2.45) is 0 Å². The fraction of sp³-hybridized carbons (Fsp3) is 1.00. The molecular weight excluding hydrogens is 212 g/mol. The van der Waals surface area contributed by atoms with Gasteiger partial charge in [0.2, 0.25) is 6.04 Å². The molecule has 1 radical (unpaired) electrons. The quantitative estimate of drug-likeness (QED) is 0.466. The van der Waals surface area contributed by atoms with E-state index < -0.39 is 0 Å². The lowest BCUT2D eigenvalue weighted by molar-refractivity contribution is 1.47. The van der Waals surface area contributed by atoms with Crippen LogP contribution in [0.25, 0.3) is 0 Å². The van der Waals surface area contributed by atoms with Crippen molar-refractivity contribution in [3.63, 3.8) is 0 Å². The Morgan fingerprint density at radius 3 is 1.80 bits per heavy atom. The SMILES string of the molecule is CC[Si](Br)Br. The molecule has 0 aliphatic carbocycles. The molecule has 0 aromatic carbocycles. The molecule has 0 rings (SSSR count). The molecule has 5 heavy (non-hydrogen) atoms. The van der Waals surface area contributed by atoms with Crippen LogP contribution < -0.4 is 0 Å². The van der Waals surface area contributed by atoms with Crippen LogP contribution in [0.5, 0.6) is 0 Å². The van der Waals surface area contributed by atoms with Gasteiger partial charge >= 0.3 is 0 Å². The second-order valence-corrected chi connectivity index (χ2v) is 11.0. The maximum Gasteiger partial charge on any atom is 0.215 e. The summed E-state index contributed by atoms with van der Waals surface area (Å²) in [5.74, 6) is 0. The summed E-state index contributed by atoms with van der Waals surface area (Å²) >= 11 is 6.78. The number of hydrogen-bond acceptors (Lipinski definition) is 0. The lowest BCUT2D eigenvalue weighted by atomic mass is 11.0. The van der Waals surface area contributed by atoms with Gasteiger partial charge in [-0.15, -0.1) is 30.6 Å². The van der Waals surface area contributed by atoms with Crippen LogP contribution in [-0.4, -0.2) is 6.04 Å². The van der Waals surface area contributed by atoms with Crippen molar-refractivity contribution < 1.29 is 0 Å². The maximum absolute atomic E-state index is 3.39. The second-order valence-electron chi connectivity index (χ2n) is 0.692. The predicted octanol–water partition coefficient (Wildman–Crippen LogP) is 2.28. The van der Waals surface area contributed by atoms with Gasteiger partial charge < -0.3 is 0 Å². The highest BCUT2D eigenvalue weighted by molar-refractivity contribution is 9.49. The zero-order chi connectivity index (χ0) is 4.28. The number of halogens is 2. The second kappa shape index (κ2) is 3.37. The van der Waals surface area contributed by atoms with E-state index >= 15 is 0 Å². The van der Waals surface area contributed by atoms with E-state index in [1.165, 1.54) is 6.04 Å². The summed E-state index contributed by atoms with van der Waals surface area (Å²) < 4.78 is 0. The Morgan fingerprint density at radius 1 is 1.60 bits per heavy atom. The van der Waals surface area contributed by atoms with Gasteiger partial charge in [0.25, 0.3) is 0 Å². The van der Waals surface area contributed by atoms with Gasteiger partial charge in [-0.3, -0.25) is 0 Å². The molecule has 0 spiro atoms. The minimum atomic E-state index is -0.249. The monoisotopic (exact) mass is 215 g/mol. The van der Waals surface area contributed by atoms with E-state index in [1.807, 2.05) is 0 Å². The molecule has 3 heteroatoms. The van der Waals surface area contributed by atoms with E-state index in [9.17, 15) is 0 Å². The molecule has 0 aliphatic heterocycles. The first-order valence-electron chi connectivity index (χ1n) is 1.44. The molecule has 0 aromatic heterocycles. The molecule has 0 amide bonds. The molecule has 0 bridgehead atoms. The van der Waals surface area contributed by atoms with Crippen molar-refractivity contribution in [3.8, 4) is 0 Å². The Hall–Kier alpha value is 1.18. The zero-order valence-electron chi connectivity index (χ0n) is 2.96. The molecule has 0 N–H and O–H groups in total. The lowest BCUT2D eigenvalue weighted by Crippen LogP contribution is -1.80. The molecule has 0 heterocycles. The van der Waals surface area contributed by atoms with Crippen molar-refractivity contribution >= 4 is 36.6 Å². The molecule has 0 atom stereocenters. The van der Waals surface area contributed by atoms with Crippen LogP contribution in [0.2, 0.25) is 6.04 Å². The van der Waals surface area contributed by atoms with Crippen LogP contribution in [0.1, 0.15) is 6.92 Å². The maximum atomic E-state index is 3.39. The molecule has 0 unspecified atom stereocenters. The number of hydrogen-bond donors (Lipinski definition) is 0. The summed E-state index contributed by atoms with van der Waals surface area (Å²) in [6.45, 7) is 2.15. The van der Waals surface area contributed by atoms with Crippen molar-refractivity contribution in [1.82, 2.24) is 0 Å². The highest BCUT2D eigenvalue weighted by Gasteiger charge is 1.90. The van der Waals surface area contributed by atoms with Crippen molar-refractivity contribution in [1.29, 1.82) is 0 Å². The Bertz CT molecular complexity index is 21.6. The van der Waals surface area contributed by atoms with Gasteiger partial charge in [-0.05, 0) is 6.04 Å². The smallest absolute Gasteiger partial charge is 0.112 e. The minimum absolute atomic E-state index is 0.249. The third kappa shape index (κ3) is 5.18. The van der Waals surface area contributed by atoms with Crippen LogP contribution in [0, 0.1) is 0 Å². The first-order valence-corrected chi connectivity index (χ1v) is 7.66. The van der Waals surface area contributed by atoms with Crippen LogP contribution in [0.3, 0.4) is 0 Å². The fourth-order valence-corrected chi connectivity index (χ4v) is 0. The summed E-state index contributed by atoms with van der Waals surface area (Å²) in [5, 5.41) is 0. The first-order chi connectivity index (χ1) is 2.27. The highest BCUT2D eigenvalue weighted by Crippen LogP contribution is 2.05. The Kier molecular flexibility index (Phi) is 4.16. The molecule has 31 valence electrons. The van der Waals surface area contributed by atoms with Gasteiger partial charge in [0.1, 0.15) is 0 Å². The summed E-state index contributed by atoms with van der Waals surface area (Å²) in [5.41, 5.74) is 0. The van der Waals surface area contributed by atoms with E-state index in [1.54, 1.807) is 0 Å². The van der Waals surface area contributed by atoms with Crippen LogP contribution in [-0.2, 0) is 0 Å². The number of rotatable bonds is 1. The van der Waals surface area contributed by atoms with Crippen molar-refractivity contribution in [3.05, 3.63) is 0 Å². The van der Waals surface area contributed by atoms with E-state index in [0.29, 0.717) is 0 Å². The standard InChI is InChI=1S/C2H5Br2Si/c1-2-5(3)4/h2H2,1H3. The van der Waals surface area contributed by atoms with Gasteiger partial charge in [0.15, 0.2) is 0 Å². The van der Waals surface area contributed by atoms with Crippen LogP contribution >= 0.6 is 30.6 Å². The van der Waals surface area contributed by atoms with Crippen molar-refractivity contribution in [2.75, 3.05) is 0 Å². The van der Waals surface area contributed by atoms with Gasteiger partial charge in [-0.25, -0.2) is 0 Å². The van der Waals surface area contributed by atoms with Crippen LogP contribution in [0.15, 0.2) is 0 Å². The van der Waals surface area contributed by atoms with E-state index in [4.69, 9.17) is 0 Å². The molecule has 0 saturated carbocycles. The highest BCUT2D eigenvalue weighted by atomic mass is 79.9. The largest absolute Gasteiger partial charge is 0.215 e. The average molecular weight is 217 g/mol. The first kappa shape index (κ1) is 6.18. The predicted molar refractivity (Wildman–Crippen MR) is 34.1 cm³/mol. The third-order valence-corrected chi connectivity index (χ3v) is 4.17. The Balaban J connectivity index is 2.54. The molecular formula is C2H5Br2Si.